The van der Waals surface area contributed by atoms with Crippen LogP contribution in [0.2, 0.25) is 0 Å². The minimum Gasteiger partial charge on any atom is -0.481 e. The van der Waals surface area contributed by atoms with Gasteiger partial charge in [0.25, 0.3) is 0 Å². The van der Waals surface area contributed by atoms with Gasteiger partial charge in [-0.1, -0.05) is 0 Å². The largest absolute Gasteiger partial charge is 0.481 e. The molecule has 1 N–H and O–H groups in total. The molecule has 2 unspecified atom stereocenters. The van der Waals surface area contributed by atoms with Crippen LogP contribution in [0, 0.1) is 12.8 Å². The van der Waals surface area contributed by atoms with E-state index in [4.69, 9.17) is 4.74 Å². The average molecular weight is 267 g/mol. The highest BCUT2D eigenvalue weighted by molar-refractivity contribution is 5.71. The summed E-state index contributed by atoms with van der Waals surface area (Å²) in [6.07, 6.45) is 0. The Kier molecular flexibility index (Phi) is 4.21. The van der Waals surface area contributed by atoms with Crippen LogP contribution >= 0.6 is 0 Å². The van der Waals surface area contributed by atoms with Gasteiger partial charge in [-0.05, 0) is 27.0 Å². The van der Waals surface area contributed by atoms with E-state index >= 15 is 0 Å². The number of ether oxygens (including phenoxy) is 1. The quantitative estimate of drug-likeness (QED) is 0.852. The molecule has 1 saturated heterocycles. The Hall–Kier alpha value is -1.40. The van der Waals surface area contributed by atoms with Crippen LogP contribution in [0.1, 0.15) is 18.3 Å². The zero-order valence-corrected chi connectivity index (χ0v) is 11.7. The second-order valence-corrected chi connectivity index (χ2v) is 5.06. The van der Waals surface area contributed by atoms with Gasteiger partial charge in [-0.15, -0.1) is 0 Å². The fraction of sp³-hybridized carbons (Fsp3) is 0.692. The molecule has 0 amide bonds. The van der Waals surface area contributed by atoms with Gasteiger partial charge >= 0.3 is 5.97 Å². The number of rotatable bonds is 5. The third kappa shape index (κ3) is 2.96. The summed E-state index contributed by atoms with van der Waals surface area (Å²) in [4.78, 5) is 13.2. The van der Waals surface area contributed by atoms with Crippen molar-refractivity contribution in [2.75, 3.05) is 20.3 Å². The van der Waals surface area contributed by atoms with Crippen molar-refractivity contribution in [3.05, 3.63) is 17.5 Å². The Morgan fingerprint density at radius 2 is 2.37 bits per heavy atom. The monoisotopic (exact) mass is 267 g/mol. The van der Waals surface area contributed by atoms with Crippen molar-refractivity contribution < 1.29 is 14.6 Å². The van der Waals surface area contributed by atoms with Crippen LogP contribution in [-0.4, -0.2) is 52.1 Å². The standard InChI is InChI=1S/C13H21N3O3/c1-4-16-10(5-9(2)14-16)6-15(3)12-8-19-7-11(12)13(17)18/h5,11-12H,4,6-8H2,1-3H3,(H,17,18). The van der Waals surface area contributed by atoms with Crippen molar-refractivity contribution in [2.24, 2.45) is 5.92 Å². The Balaban J connectivity index is 2.07. The number of carbonyl (C=O) groups is 1. The molecule has 1 aliphatic heterocycles. The number of carboxylic acids is 1. The second-order valence-electron chi connectivity index (χ2n) is 5.06. The third-order valence-electron chi connectivity index (χ3n) is 3.63. The highest BCUT2D eigenvalue weighted by Gasteiger charge is 2.36. The number of hydrogen-bond donors (Lipinski definition) is 1. The Morgan fingerprint density at radius 3 is 3.00 bits per heavy atom. The molecule has 1 aliphatic rings. The molecule has 1 aromatic rings. The Bertz CT molecular complexity index is 458. The molecule has 1 aromatic heterocycles. The number of hydrogen-bond acceptors (Lipinski definition) is 4. The maximum absolute atomic E-state index is 11.2. The predicted molar refractivity (Wildman–Crippen MR) is 69.8 cm³/mol. The van der Waals surface area contributed by atoms with Gasteiger partial charge in [0, 0.05) is 19.1 Å². The van der Waals surface area contributed by atoms with E-state index in [1.54, 1.807) is 0 Å². The van der Waals surface area contributed by atoms with Crippen molar-refractivity contribution >= 4 is 5.97 Å². The van der Waals surface area contributed by atoms with Crippen LogP contribution in [0.3, 0.4) is 0 Å². The summed E-state index contributed by atoms with van der Waals surface area (Å²) in [6, 6.07) is 1.98. The van der Waals surface area contributed by atoms with Gasteiger partial charge in [-0.2, -0.15) is 5.10 Å². The van der Waals surface area contributed by atoms with Crippen LogP contribution in [0.4, 0.5) is 0 Å². The summed E-state index contributed by atoms with van der Waals surface area (Å²) >= 11 is 0. The SMILES string of the molecule is CCn1nc(C)cc1CN(C)C1COCC1C(=O)O. The normalized spacial score (nSPS) is 23.2. The number of nitrogens with zero attached hydrogens (tertiary/aromatic N) is 3. The molecule has 2 rings (SSSR count). The van der Waals surface area contributed by atoms with Gasteiger partial charge in [-0.3, -0.25) is 14.4 Å². The van der Waals surface area contributed by atoms with E-state index < -0.39 is 11.9 Å². The molecule has 2 atom stereocenters. The van der Waals surface area contributed by atoms with Gasteiger partial charge in [0.15, 0.2) is 0 Å². The number of aromatic nitrogens is 2. The summed E-state index contributed by atoms with van der Waals surface area (Å²) in [7, 11) is 1.94. The molecule has 0 spiro atoms. The van der Waals surface area contributed by atoms with Crippen molar-refractivity contribution in [1.82, 2.24) is 14.7 Å². The number of carboxylic acid groups (broad SMARTS) is 1. The van der Waals surface area contributed by atoms with Crippen LogP contribution in [0.15, 0.2) is 6.07 Å². The molecule has 0 bridgehead atoms. The number of aliphatic carboxylic acids is 1. The highest BCUT2D eigenvalue weighted by atomic mass is 16.5. The molecule has 0 saturated carbocycles. The molecule has 19 heavy (non-hydrogen) atoms. The lowest BCUT2D eigenvalue weighted by Crippen LogP contribution is -2.40. The van der Waals surface area contributed by atoms with E-state index in [9.17, 15) is 9.90 Å². The molecule has 106 valence electrons. The van der Waals surface area contributed by atoms with Gasteiger partial charge in [0.2, 0.25) is 0 Å². The zero-order chi connectivity index (χ0) is 14.0. The van der Waals surface area contributed by atoms with Crippen molar-refractivity contribution in [2.45, 2.75) is 33.0 Å². The Morgan fingerprint density at radius 1 is 1.63 bits per heavy atom. The zero-order valence-electron chi connectivity index (χ0n) is 11.7. The van der Waals surface area contributed by atoms with E-state index in [0.717, 1.165) is 17.9 Å². The van der Waals surface area contributed by atoms with Crippen LogP contribution in [-0.2, 0) is 22.6 Å². The molecule has 6 heteroatoms. The molecular formula is C13H21N3O3. The average Bonchev–Trinajstić information content (AvgIpc) is 2.95. The lowest BCUT2D eigenvalue weighted by atomic mass is 10.0. The fourth-order valence-corrected chi connectivity index (χ4v) is 2.59. The topological polar surface area (TPSA) is 67.6 Å². The summed E-state index contributed by atoms with van der Waals surface area (Å²) in [5.41, 5.74) is 2.10. The van der Waals surface area contributed by atoms with E-state index in [0.29, 0.717) is 19.8 Å². The van der Waals surface area contributed by atoms with Crippen LogP contribution in [0.5, 0.6) is 0 Å². The fourth-order valence-electron chi connectivity index (χ4n) is 2.59. The first-order valence-corrected chi connectivity index (χ1v) is 6.57. The second kappa shape index (κ2) is 5.71. The van der Waals surface area contributed by atoms with Crippen molar-refractivity contribution in [3.8, 4) is 0 Å². The molecule has 0 radical (unpaired) electrons. The maximum Gasteiger partial charge on any atom is 0.310 e. The summed E-state index contributed by atoms with van der Waals surface area (Å²) < 4.78 is 7.26. The molecule has 2 heterocycles. The molecule has 6 nitrogen and oxygen atoms in total. The summed E-state index contributed by atoms with van der Waals surface area (Å²) in [5, 5.41) is 13.6. The van der Waals surface area contributed by atoms with E-state index in [1.165, 1.54) is 0 Å². The molecule has 1 fully saturated rings. The lowest BCUT2D eigenvalue weighted by Gasteiger charge is -2.26. The minimum absolute atomic E-state index is 0.0713. The lowest BCUT2D eigenvalue weighted by molar-refractivity contribution is -0.143. The number of likely N-dealkylation sites (N-methyl/N-ethyl adjacent to an activating group) is 1. The smallest absolute Gasteiger partial charge is 0.310 e. The van der Waals surface area contributed by atoms with E-state index in [2.05, 4.69) is 16.9 Å². The van der Waals surface area contributed by atoms with Gasteiger partial charge in [-0.25, -0.2) is 0 Å². The van der Waals surface area contributed by atoms with Crippen LogP contribution < -0.4 is 0 Å². The van der Waals surface area contributed by atoms with Crippen molar-refractivity contribution in [3.63, 3.8) is 0 Å². The first-order valence-electron chi connectivity index (χ1n) is 6.57. The first kappa shape index (κ1) is 14.0. The first-order chi connectivity index (χ1) is 9.02. The van der Waals surface area contributed by atoms with Gasteiger partial charge < -0.3 is 9.84 Å². The van der Waals surface area contributed by atoms with Crippen LogP contribution in [0.25, 0.3) is 0 Å². The maximum atomic E-state index is 11.2. The highest BCUT2D eigenvalue weighted by Crippen LogP contribution is 2.21. The molecule has 0 aromatic carbocycles. The minimum atomic E-state index is -0.783. The van der Waals surface area contributed by atoms with Crippen molar-refractivity contribution in [1.29, 1.82) is 0 Å². The Labute approximate surface area is 113 Å². The molecular weight excluding hydrogens is 246 g/mol. The van der Waals surface area contributed by atoms with E-state index in [1.807, 2.05) is 24.7 Å². The molecule has 0 aliphatic carbocycles. The third-order valence-corrected chi connectivity index (χ3v) is 3.63. The summed E-state index contributed by atoms with van der Waals surface area (Å²) in [6.45, 7) is 6.30. The summed E-state index contributed by atoms with van der Waals surface area (Å²) in [5.74, 6) is -1.22. The van der Waals surface area contributed by atoms with E-state index in [-0.39, 0.29) is 6.04 Å². The van der Waals surface area contributed by atoms with Gasteiger partial charge in [0.1, 0.15) is 0 Å². The number of aryl methyl sites for hydroxylation is 2. The predicted octanol–water partition coefficient (Wildman–Crippen LogP) is 0.743. The van der Waals surface area contributed by atoms with Gasteiger partial charge in [0.05, 0.1) is 30.5 Å².